The van der Waals surface area contributed by atoms with Crippen molar-refractivity contribution in [1.29, 1.82) is 0 Å². The van der Waals surface area contributed by atoms with Crippen molar-refractivity contribution >= 4 is 11.8 Å². The molecule has 1 atom stereocenters. The van der Waals surface area contributed by atoms with Crippen LogP contribution in [0, 0.1) is 5.92 Å². The van der Waals surface area contributed by atoms with E-state index in [1.54, 1.807) is 0 Å². The van der Waals surface area contributed by atoms with Crippen LogP contribution in [-0.4, -0.2) is 27.8 Å². The molecule has 4 heteroatoms. The molecule has 0 spiro atoms. The van der Waals surface area contributed by atoms with Crippen molar-refractivity contribution in [1.82, 2.24) is 15.1 Å². The fourth-order valence-electron chi connectivity index (χ4n) is 1.72. The summed E-state index contributed by atoms with van der Waals surface area (Å²) in [5.41, 5.74) is 1.26. The molecule has 1 N–H and O–H groups in total. The van der Waals surface area contributed by atoms with Crippen molar-refractivity contribution in [2.75, 3.05) is 18.1 Å². The zero-order valence-electron chi connectivity index (χ0n) is 8.57. The molecule has 0 saturated carbocycles. The van der Waals surface area contributed by atoms with Gasteiger partial charge in [0, 0.05) is 19.8 Å². The van der Waals surface area contributed by atoms with Crippen LogP contribution < -0.4 is 5.32 Å². The second-order valence-corrected chi connectivity index (χ2v) is 4.96. The molecule has 78 valence electrons. The lowest BCUT2D eigenvalue weighted by Gasteiger charge is -2.09. The first-order valence-electron chi connectivity index (χ1n) is 5.11. The number of aromatic nitrogens is 2. The Kier molecular flexibility index (Phi) is 3.48. The Morgan fingerprint density at radius 1 is 1.71 bits per heavy atom. The molecule has 1 aromatic rings. The maximum Gasteiger partial charge on any atom is 0.0518 e. The van der Waals surface area contributed by atoms with Gasteiger partial charge in [0.15, 0.2) is 0 Å². The van der Waals surface area contributed by atoms with E-state index >= 15 is 0 Å². The lowest BCUT2D eigenvalue weighted by atomic mass is 10.1. The van der Waals surface area contributed by atoms with Gasteiger partial charge in [-0.25, -0.2) is 0 Å². The van der Waals surface area contributed by atoms with Gasteiger partial charge in [-0.3, -0.25) is 4.68 Å². The number of rotatable bonds is 4. The van der Waals surface area contributed by atoms with Crippen molar-refractivity contribution in [3.05, 3.63) is 18.0 Å². The number of thioether (sulfide) groups is 1. The van der Waals surface area contributed by atoms with Gasteiger partial charge in [-0.1, -0.05) is 0 Å². The Morgan fingerprint density at radius 2 is 2.64 bits per heavy atom. The van der Waals surface area contributed by atoms with Crippen molar-refractivity contribution in [3.8, 4) is 0 Å². The molecular weight excluding hydrogens is 194 g/mol. The molecule has 0 radical (unpaired) electrons. The van der Waals surface area contributed by atoms with E-state index in [4.69, 9.17) is 0 Å². The van der Waals surface area contributed by atoms with Crippen molar-refractivity contribution in [3.63, 3.8) is 0 Å². The highest BCUT2D eigenvalue weighted by atomic mass is 32.2. The number of hydrogen-bond acceptors (Lipinski definition) is 3. The highest BCUT2D eigenvalue weighted by Crippen LogP contribution is 2.22. The van der Waals surface area contributed by atoms with Crippen LogP contribution in [-0.2, 0) is 13.6 Å². The van der Waals surface area contributed by atoms with Gasteiger partial charge in [0.25, 0.3) is 0 Å². The van der Waals surface area contributed by atoms with Gasteiger partial charge in [-0.05, 0) is 36.5 Å². The van der Waals surface area contributed by atoms with Crippen LogP contribution >= 0.6 is 11.8 Å². The van der Waals surface area contributed by atoms with Gasteiger partial charge in [0.2, 0.25) is 0 Å². The Hall–Kier alpha value is -0.480. The van der Waals surface area contributed by atoms with Crippen LogP contribution in [0.1, 0.15) is 12.1 Å². The quantitative estimate of drug-likeness (QED) is 0.813. The molecule has 1 unspecified atom stereocenters. The van der Waals surface area contributed by atoms with Gasteiger partial charge < -0.3 is 5.32 Å². The Balaban J connectivity index is 1.70. The second kappa shape index (κ2) is 4.84. The summed E-state index contributed by atoms with van der Waals surface area (Å²) in [6, 6.07) is 2.07. The van der Waals surface area contributed by atoms with E-state index < -0.39 is 0 Å². The topological polar surface area (TPSA) is 29.9 Å². The summed E-state index contributed by atoms with van der Waals surface area (Å²) in [6.07, 6.45) is 3.23. The standard InChI is InChI=1S/C10H17N3S/c1-13-10(2-4-12-13)7-11-6-9-3-5-14-8-9/h2,4,9,11H,3,5-8H2,1H3. The molecule has 2 rings (SSSR count). The zero-order chi connectivity index (χ0) is 9.80. The SMILES string of the molecule is Cn1nccc1CNCC1CCSC1. The number of nitrogens with zero attached hydrogens (tertiary/aromatic N) is 2. The highest BCUT2D eigenvalue weighted by Gasteiger charge is 2.14. The third-order valence-corrected chi connectivity index (χ3v) is 3.92. The predicted molar refractivity (Wildman–Crippen MR) is 60.3 cm³/mol. The molecule has 0 aliphatic carbocycles. The molecule has 3 nitrogen and oxygen atoms in total. The molecule has 0 bridgehead atoms. The van der Waals surface area contributed by atoms with Crippen molar-refractivity contribution in [2.24, 2.45) is 13.0 Å². The van der Waals surface area contributed by atoms with E-state index in [9.17, 15) is 0 Å². The maximum atomic E-state index is 4.14. The lowest BCUT2D eigenvalue weighted by molar-refractivity contribution is 0.512. The third-order valence-electron chi connectivity index (χ3n) is 2.69. The molecule has 1 aliphatic heterocycles. The van der Waals surface area contributed by atoms with E-state index in [1.165, 1.54) is 23.6 Å². The minimum absolute atomic E-state index is 0.883. The fourth-order valence-corrected chi connectivity index (χ4v) is 3.01. The second-order valence-electron chi connectivity index (χ2n) is 3.81. The van der Waals surface area contributed by atoms with Crippen LogP contribution in [0.4, 0.5) is 0 Å². The molecule has 1 aliphatic rings. The van der Waals surface area contributed by atoms with Crippen LogP contribution in [0.15, 0.2) is 12.3 Å². The van der Waals surface area contributed by atoms with E-state index in [2.05, 4.69) is 28.2 Å². The predicted octanol–water partition coefficient (Wildman–Crippen LogP) is 1.26. The number of nitrogens with one attached hydrogen (secondary N) is 1. The first-order chi connectivity index (χ1) is 6.86. The van der Waals surface area contributed by atoms with Crippen LogP contribution in [0.3, 0.4) is 0 Å². The molecule has 0 amide bonds. The van der Waals surface area contributed by atoms with Crippen LogP contribution in [0.5, 0.6) is 0 Å². The molecule has 0 aromatic carbocycles. The van der Waals surface area contributed by atoms with E-state index in [0.29, 0.717) is 0 Å². The molecule has 1 saturated heterocycles. The van der Waals surface area contributed by atoms with Crippen LogP contribution in [0.2, 0.25) is 0 Å². The summed E-state index contributed by atoms with van der Waals surface area (Å²) in [6.45, 7) is 2.09. The monoisotopic (exact) mass is 211 g/mol. The number of aryl methyl sites for hydroxylation is 1. The highest BCUT2D eigenvalue weighted by molar-refractivity contribution is 7.99. The molecule has 1 aromatic heterocycles. The van der Waals surface area contributed by atoms with E-state index in [-0.39, 0.29) is 0 Å². The smallest absolute Gasteiger partial charge is 0.0518 e. The summed E-state index contributed by atoms with van der Waals surface area (Å²) in [7, 11) is 1.99. The zero-order valence-corrected chi connectivity index (χ0v) is 9.39. The van der Waals surface area contributed by atoms with Gasteiger partial charge >= 0.3 is 0 Å². The minimum Gasteiger partial charge on any atom is -0.311 e. The summed E-state index contributed by atoms with van der Waals surface area (Å²) < 4.78 is 1.93. The van der Waals surface area contributed by atoms with Gasteiger partial charge in [0.1, 0.15) is 0 Å². The molecule has 14 heavy (non-hydrogen) atoms. The minimum atomic E-state index is 0.883. The first kappa shape index (κ1) is 10.1. The molecule has 1 fully saturated rings. The maximum absolute atomic E-state index is 4.14. The molecular formula is C10H17N3S. The van der Waals surface area contributed by atoms with Crippen molar-refractivity contribution in [2.45, 2.75) is 13.0 Å². The third kappa shape index (κ3) is 2.51. The molecule has 2 heterocycles. The summed E-state index contributed by atoms with van der Waals surface area (Å²) in [5.74, 6) is 3.56. The van der Waals surface area contributed by atoms with Crippen molar-refractivity contribution < 1.29 is 0 Å². The summed E-state index contributed by atoms with van der Waals surface area (Å²) >= 11 is 2.08. The van der Waals surface area contributed by atoms with Gasteiger partial charge in [0.05, 0.1) is 5.69 Å². The van der Waals surface area contributed by atoms with Gasteiger partial charge in [-0.2, -0.15) is 16.9 Å². The van der Waals surface area contributed by atoms with Crippen LogP contribution in [0.25, 0.3) is 0 Å². The average molecular weight is 211 g/mol. The fraction of sp³-hybridized carbons (Fsp3) is 0.700. The first-order valence-corrected chi connectivity index (χ1v) is 6.27. The lowest BCUT2D eigenvalue weighted by Crippen LogP contribution is -2.23. The van der Waals surface area contributed by atoms with Gasteiger partial charge in [-0.15, -0.1) is 0 Å². The van der Waals surface area contributed by atoms with E-state index in [0.717, 1.165) is 19.0 Å². The Labute approximate surface area is 89.3 Å². The normalized spacial score (nSPS) is 21.6. The Bertz CT molecular complexity index is 279. The largest absolute Gasteiger partial charge is 0.311 e. The average Bonchev–Trinajstić information content (AvgIpc) is 2.78. The van der Waals surface area contributed by atoms with E-state index in [1.807, 2.05) is 17.9 Å². The summed E-state index contributed by atoms with van der Waals surface area (Å²) in [4.78, 5) is 0. The summed E-state index contributed by atoms with van der Waals surface area (Å²) in [5, 5.41) is 7.64. The Morgan fingerprint density at radius 3 is 3.29 bits per heavy atom. The number of hydrogen-bond donors (Lipinski definition) is 1.